The fourth-order valence-corrected chi connectivity index (χ4v) is 4.55. The zero-order valence-electron chi connectivity index (χ0n) is 21.9. The molecule has 0 saturated carbocycles. The van der Waals surface area contributed by atoms with Crippen LogP contribution in [-0.2, 0) is 0 Å². The summed E-state index contributed by atoms with van der Waals surface area (Å²) < 4.78 is 0. The first-order valence-corrected chi connectivity index (χ1v) is 12.5. The van der Waals surface area contributed by atoms with Gasteiger partial charge in [0.25, 0.3) is 11.8 Å². The third kappa shape index (κ3) is 5.77. The van der Waals surface area contributed by atoms with Crippen LogP contribution in [0.15, 0.2) is 66.7 Å². The Labute approximate surface area is 214 Å². The van der Waals surface area contributed by atoms with Crippen molar-refractivity contribution in [3.63, 3.8) is 0 Å². The highest BCUT2D eigenvalue weighted by Crippen LogP contribution is 2.26. The van der Waals surface area contributed by atoms with Crippen molar-refractivity contribution < 1.29 is 9.59 Å². The van der Waals surface area contributed by atoms with Crippen molar-refractivity contribution in [2.24, 2.45) is 0 Å². The van der Waals surface area contributed by atoms with E-state index in [-0.39, 0.29) is 17.9 Å². The van der Waals surface area contributed by atoms with E-state index < -0.39 is 0 Å². The molecule has 188 valence electrons. The van der Waals surface area contributed by atoms with Crippen LogP contribution in [0.2, 0.25) is 0 Å². The fraction of sp³-hybridized carbons (Fsp3) is 0.333. The van der Waals surface area contributed by atoms with Gasteiger partial charge in [-0.1, -0.05) is 36.4 Å². The summed E-state index contributed by atoms with van der Waals surface area (Å²) in [7, 11) is 5.65. The zero-order valence-corrected chi connectivity index (χ0v) is 21.9. The average molecular weight is 485 g/mol. The molecule has 0 radical (unpaired) electrons. The average Bonchev–Trinajstić information content (AvgIpc) is 2.89. The molecule has 1 atom stereocenters. The summed E-state index contributed by atoms with van der Waals surface area (Å²) in [5.41, 5.74) is 6.42. The Morgan fingerprint density at radius 3 is 2.25 bits per heavy atom. The van der Waals surface area contributed by atoms with Crippen LogP contribution in [0.5, 0.6) is 0 Å². The van der Waals surface area contributed by atoms with E-state index in [4.69, 9.17) is 0 Å². The summed E-state index contributed by atoms with van der Waals surface area (Å²) >= 11 is 0. The van der Waals surface area contributed by atoms with Gasteiger partial charge in [-0.3, -0.25) is 9.59 Å². The number of hydrogen-bond donors (Lipinski definition) is 1. The molecule has 0 unspecified atom stereocenters. The summed E-state index contributed by atoms with van der Waals surface area (Å²) in [4.78, 5) is 31.9. The van der Waals surface area contributed by atoms with Gasteiger partial charge in [0.2, 0.25) is 0 Å². The third-order valence-corrected chi connectivity index (χ3v) is 6.92. The minimum atomic E-state index is -0.171. The molecule has 1 fully saturated rings. The molecule has 0 bridgehead atoms. The van der Waals surface area contributed by atoms with Gasteiger partial charge in [-0.05, 0) is 73.5 Å². The Kier molecular flexibility index (Phi) is 7.75. The number of nitrogens with zero attached hydrogens (tertiary/aromatic N) is 3. The van der Waals surface area contributed by atoms with E-state index in [1.54, 1.807) is 19.0 Å². The molecule has 1 aliphatic heterocycles. The van der Waals surface area contributed by atoms with Crippen LogP contribution in [0.4, 0.5) is 5.69 Å². The van der Waals surface area contributed by atoms with Crippen LogP contribution >= 0.6 is 0 Å². The van der Waals surface area contributed by atoms with Crippen LogP contribution in [-0.4, -0.2) is 68.9 Å². The predicted octanol–water partition coefficient (Wildman–Crippen LogP) is 4.61. The molecule has 3 aromatic carbocycles. The van der Waals surface area contributed by atoms with Crippen molar-refractivity contribution in [3.8, 4) is 11.1 Å². The number of rotatable bonds is 6. The second-order valence-electron chi connectivity index (χ2n) is 9.89. The maximum Gasteiger partial charge on any atom is 0.253 e. The molecule has 6 heteroatoms. The summed E-state index contributed by atoms with van der Waals surface area (Å²) in [6.07, 6.45) is 0. The van der Waals surface area contributed by atoms with Crippen LogP contribution in [0.1, 0.15) is 44.8 Å². The highest BCUT2D eigenvalue weighted by Gasteiger charge is 2.19. The second-order valence-corrected chi connectivity index (χ2v) is 9.89. The largest absolute Gasteiger partial charge is 0.369 e. The van der Waals surface area contributed by atoms with Gasteiger partial charge in [-0.2, -0.15) is 0 Å². The van der Waals surface area contributed by atoms with Gasteiger partial charge in [0.1, 0.15) is 0 Å². The summed E-state index contributed by atoms with van der Waals surface area (Å²) in [5, 5.41) is 3.19. The molecule has 1 N–H and O–H groups in total. The van der Waals surface area contributed by atoms with E-state index in [1.807, 2.05) is 68.4 Å². The lowest BCUT2D eigenvalue weighted by atomic mass is 9.98. The Morgan fingerprint density at radius 1 is 0.889 bits per heavy atom. The number of anilines is 1. The maximum absolute atomic E-state index is 13.3. The standard InChI is InChI=1S/C30H36N4O2/c1-21-12-13-27(34-16-14-33(5)15-17-34)20-28(21)29(35)31-22(2)23-8-6-9-24(18-23)25-10-7-11-26(19-25)30(36)32(3)4/h6-13,18-20,22H,14-17H2,1-5H3,(H,31,35)/t22-/m1/s1. The normalized spacial score (nSPS) is 14.9. The summed E-state index contributed by atoms with van der Waals surface area (Å²) in [5.74, 6) is -0.0947. The van der Waals surface area contributed by atoms with Crippen molar-refractivity contribution in [1.29, 1.82) is 0 Å². The molecule has 0 spiro atoms. The Hall–Kier alpha value is -3.64. The minimum absolute atomic E-state index is 0.0252. The molecule has 0 aromatic heterocycles. The minimum Gasteiger partial charge on any atom is -0.369 e. The smallest absolute Gasteiger partial charge is 0.253 e. The number of piperazine rings is 1. The summed E-state index contributed by atoms with van der Waals surface area (Å²) in [6, 6.07) is 21.8. The summed E-state index contributed by atoms with van der Waals surface area (Å²) in [6.45, 7) is 7.96. The molecule has 4 rings (SSSR count). The lowest BCUT2D eigenvalue weighted by Gasteiger charge is -2.34. The van der Waals surface area contributed by atoms with Crippen molar-refractivity contribution in [1.82, 2.24) is 15.1 Å². The number of aryl methyl sites for hydroxylation is 1. The number of benzene rings is 3. The zero-order chi connectivity index (χ0) is 25.8. The second kappa shape index (κ2) is 11.0. The van der Waals surface area contributed by atoms with Crippen LogP contribution in [0.25, 0.3) is 11.1 Å². The molecule has 3 aromatic rings. The van der Waals surface area contributed by atoms with E-state index in [9.17, 15) is 9.59 Å². The first-order chi connectivity index (χ1) is 17.2. The van der Waals surface area contributed by atoms with Crippen molar-refractivity contribution in [3.05, 3.63) is 89.0 Å². The van der Waals surface area contributed by atoms with Crippen molar-refractivity contribution in [2.45, 2.75) is 19.9 Å². The topological polar surface area (TPSA) is 55.9 Å². The van der Waals surface area contributed by atoms with Gasteiger partial charge in [0.15, 0.2) is 0 Å². The van der Waals surface area contributed by atoms with E-state index in [2.05, 4.69) is 34.3 Å². The Balaban J connectivity index is 1.51. The fourth-order valence-electron chi connectivity index (χ4n) is 4.55. The van der Waals surface area contributed by atoms with Crippen molar-refractivity contribution >= 4 is 17.5 Å². The van der Waals surface area contributed by atoms with E-state index in [0.29, 0.717) is 11.1 Å². The quantitative estimate of drug-likeness (QED) is 0.555. The van der Waals surface area contributed by atoms with Crippen molar-refractivity contribution in [2.75, 3.05) is 52.2 Å². The third-order valence-electron chi connectivity index (χ3n) is 6.92. The van der Waals surface area contributed by atoms with Crippen LogP contribution in [0, 0.1) is 6.92 Å². The molecular formula is C30H36N4O2. The van der Waals surface area contributed by atoms with E-state index >= 15 is 0 Å². The highest BCUT2D eigenvalue weighted by molar-refractivity contribution is 5.97. The SMILES string of the molecule is Cc1ccc(N2CCN(C)CC2)cc1C(=O)N[C@H](C)c1cccc(-c2cccc(C(=O)N(C)C)c2)c1. The number of amides is 2. The van der Waals surface area contributed by atoms with Gasteiger partial charge in [0.05, 0.1) is 6.04 Å². The van der Waals surface area contributed by atoms with E-state index in [1.165, 1.54) is 0 Å². The van der Waals surface area contributed by atoms with Gasteiger partial charge in [-0.25, -0.2) is 0 Å². The predicted molar refractivity (Wildman–Crippen MR) is 147 cm³/mol. The molecule has 1 saturated heterocycles. The molecule has 0 aliphatic carbocycles. The number of carbonyl (C=O) groups excluding carboxylic acids is 2. The molecule has 1 heterocycles. The number of hydrogen-bond acceptors (Lipinski definition) is 4. The van der Waals surface area contributed by atoms with Gasteiger partial charge >= 0.3 is 0 Å². The number of nitrogens with one attached hydrogen (secondary N) is 1. The van der Waals surface area contributed by atoms with Gasteiger partial charge in [0, 0.05) is 57.1 Å². The van der Waals surface area contributed by atoms with E-state index in [0.717, 1.165) is 54.1 Å². The molecule has 36 heavy (non-hydrogen) atoms. The molecule has 1 aliphatic rings. The first kappa shape index (κ1) is 25.5. The Morgan fingerprint density at radius 2 is 1.56 bits per heavy atom. The maximum atomic E-state index is 13.3. The first-order valence-electron chi connectivity index (χ1n) is 12.5. The number of carbonyl (C=O) groups is 2. The lowest BCUT2D eigenvalue weighted by molar-refractivity contribution is 0.0827. The highest BCUT2D eigenvalue weighted by atomic mass is 16.2. The van der Waals surface area contributed by atoms with Gasteiger partial charge < -0.3 is 20.0 Å². The van der Waals surface area contributed by atoms with Crippen LogP contribution < -0.4 is 10.2 Å². The molecular weight excluding hydrogens is 448 g/mol. The monoisotopic (exact) mass is 484 g/mol. The lowest BCUT2D eigenvalue weighted by Crippen LogP contribution is -2.44. The number of likely N-dealkylation sites (N-methyl/N-ethyl adjacent to an activating group) is 1. The van der Waals surface area contributed by atoms with Crippen LogP contribution in [0.3, 0.4) is 0 Å². The van der Waals surface area contributed by atoms with Gasteiger partial charge in [-0.15, -0.1) is 0 Å². The molecule has 2 amide bonds. The Bertz CT molecular complexity index is 1250. The molecule has 6 nitrogen and oxygen atoms in total.